The molecule has 0 radical (unpaired) electrons. The lowest BCUT2D eigenvalue weighted by Gasteiger charge is -2.04. The highest BCUT2D eigenvalue weighted by Crippen LogP contribution is 2.32. The number of hydrogen-bond acceptors (Lipinski definition) is 6. The largest absolute Gasteiger partial charge is 0.312 e. The molecule has 0 spiro atoms. The van der Waals surface area contributed by atoms with Crippen molar-refractivity contribution in [1.29, 1.82) is 0 Å². The summed E-state index contributed by atoms with van der Waals surface area (Å²) < 4.78 is 27.5. The van der Waals surface area contributed by atoms with Crippen LogP contribution in [-0.2, 0) is 16.6 Å². The van der Waals surface area contributed by atoms with Gasteiger partial charge in [0.2, 0.25) is 5.95 Å². The van der Waals surface area contributed by atoms with Crippen LogP contribution in [0.4, 0.5) is 5.95 Å². The highest BCUT2D eigenvalue weighted by atomic mass is 79.9. The zero-order valence-electron chi connectivity index (χ0n) is 10.6. The van der Waals surface area contributed by atoms with Crippen LogP contribution in [0.3, 0.4) is 0 Å². The second kappa shape index (κ2) is 6.61. The molecular formula is C11H13BrN4O2S2. The van der Waals surface area contributed by atoms with E-state index in [4.69, 9.17) is 0 Å². The van der Waals surface area contributed by atoms with E-state index in [2.05, 4.69) is 35.9 Å². The van der Waals surface area contributed by atoms with E-state index in [1.54, 1.807) is 12.1 Å². The summed E-state index contributed by atoms with van der Waals surface area (Å²) in [6.45, 7) is 3.46. The first-order valence-corrected chi connectivity index (χ1v) is 8.91. The molecule has 0 aliphatic heterocycles. The summed E-state index contributed by atoms with van der Waals surface area (Å²) in [5, 5.41) is 3.16. The summed E-state index contributed by atoms with van der Waals surface area (Å²) in [7, 11) is -3.69. The molecule has 0 aliphatic rings. The Balaban J connectivity index is 2.23. The zero-order valence-corrected chi connectivity index (χ0v) is 13.8. The molecule has 2 N–H and O–H groups in total. The van der Waals surface area contributed by atoms with Crippen molar-refractivity contribution in [2.45, 2.75) is 18.4 Å². The third kappa shape index (κ3) is 3.75. The van der Waals surface area contributed by atoms with Gasteiger partial charge in [0.1, 0.15) is 4.90 Å². The van der Waals surface area contributed by atoms with Gasteiger partial charge in [0.25, 0.3) is 10.0 Å². The summed E-state index contributed by atoms with van der Waals surface area (Å²) in [4.78, 5) is 8.83. The van der Waals surface area contributed by atoms with E-state index < -0.39 is 10.0 Å². The van der Waals surface area contributed by atoms with Gasteiger partial charge in [-0.3, -0.25) is 0 Å². The van der Waals surface area contributed by atoms with Gasteiger partial charge in [-0.05, 0) is 34.6 Å². The van der Waals surface area contributed by atoms with Gasteiger partial charge < -0.3 is 5.32 Å². The highest BCUT2D eigenvalue weighted by Gasteiger charge is 2.21. The summed E-state index contributed by atoms with van der Waals surface area (Å²) in [5.74, 6) is 0.0545. The molecule has 0 unspecified atom stereocenters. The number of sulfonamides is 1. The quantitative estimate of drug-likeness (QED) is 0.807. The van der Waals surface area contributed by atoms with Crippen molar-refractivity contribution >= 4 is 43.2 Å². The van der Waals surface area contributed by atoms with Crippen molar-refractivity contribution in [3.63, 3.8) is 0 Å². The minimum Gasteiger partial charge on any atom is -0.312 e. The fourth-order valence-electron chi connectivity index (χ4n) is 1.44. The van der Waals surface area contributed by atoms with Crippen LogP contribution in [0.1, 0.15) is 11.8 Å². The molecule has 0 aliphatic carbocycles. The maximum absolute atomic E-state index is 12.3. The Bertz CT molecular complexity index is 673. The molecule has 0 bridgehead atoms. The predicted molar refractivity (Wildman–Crippen MR) is 82.2 cm³/mol. The Morgan fingerprint density at radius 2 is 2.05 bits per heavy atom. The van der Waals surface area contributed by atoms with Gasteiger partial charge in [0.15, 0.2) is 0 Å². The van der Waals surface area contributed by atoms with Crippen molar-refractivity contribution in [1.82, 2.24) is 15.3 Å². The number of hydrogen-bond donors (Lipinski definition) is 2. The molecule has 0 aromatic carbocycles. The minimum absolute atomic E-state index is 0.0545. The van der Waals surface area contributed by atoms with E-state index >= 15 is 0 Å². The van der Waals surface area contributed by atoms with Crippen LogP contribution in [0.25, 0.3) is 0 Å². The molecule has 6 nitrogen and oxygen atoms in total. The fraction of sp³-hybridized carbons (Fsp3) is 0.273. The van der Waals surface area contributed by atoms with Crippen molar-refractivity contribution < 1.29 is 8.42 Å². The second-order valence-electron chi connectivity index (χ2n) is 3.81. The molecule has 2 aromatic rings. The third-order valence-corrected chi connectivity index (χ3v) is 5.92. The van der Waals surface area contributed by atoms with Crippen molar-refractivity contribution in [3.8, 4) is 0 Å². The van der Waals surface area contributed by atoms with Crippen LogP contribution in [0.2, 0.25) is 0 Å². The molecule has 9 heteroatoms. The molecule has 0 amide bonds. The van der Waals surface area contributed by atoms with Crippen molar-refractivity contribution in [2.75, 3.05) is 11.3 Å². The van der Waals surface area contributed by atoms with Gasteiger partial charge in [0.05, 0.1) is 3.79 Å². The van der Waals surface area contributed by atoms with Gasteiger partial charge >= 0.3 is 0 Å². The number of aromatic nitrogens is 2. The lowest BCUT2D eigenvalue weighted by molar-refractivity contribution is 0.600. The Labute approximate surface area is 129 Å². The molecule has 108 valence electrons. The Morgan fingerprint density at radius 1 is 1.35 bits per heavy atom. The van der Waals surface area contributed by atoms with Crippen LogP contribution >= 0.6 is 27.3 Å². The van der Waals surface area contributed by atoms with Crippen LogP contribution in [-0.4, -0.2) is 24.9 Å². The number of thiophene rings is 1. The Hall–Kier alpha value is -1.03. The highest BCUT2D eigenvalue weighted by molar-refractivity contribution is 9.11. The molecule has 2 heterocycles. The van der Waals surface area contributed by atoms with E-state index in [1.165, 1.54) is 23.7 Å². The van der Waals surface area contributed by atoms with Gasteiger partial charge in [0, 0.05) is 23.8 Å². The summed E-state index contributed by atoms with van der Waals surface area (Å²) in [6.07, 6.45) is 2.95. The molecule has 0 atom stereocenters. The molecule has 0 fully saturated rings. The fourth-order valence-corrected chi connectivity index (χ4v) is 5.05. The van der Waals surface area contributed by atoms with Gasteiger partial charge in [-0.2, -0.15) is 0 Å². The average molecular weight is 377 g/mol. The topological polar surface area (TPSA) is 84.0 Å². The summed E-state index contributed by atoms with van der Waals surface area (Å²) in [5.41, 5.74) is 0. The van der Waals surface area contributed by atoms with Crippen LogP contribution < -0.4 is 10.0 Å². The van der Waals surface area contributed by atoms with Crippen molar-refractivity contribution in [2.24, 2.45) is 0 Å². The average Bonchev–Trinajstić information content (AvgIpc) is 2.79. The number of anilines is 1. The van der Waals surface area contributed by atoms with Gasteiger partial charge in [-0.25, -0.2) is 23.1 Å². The maximum atomic E-state index is 12.3. The first kappa shape index (κ1) is 15.4. The smallest absolute Gasteiger partial charge is 0.266 e. The molecule has 2 rings (SSSR count). The maximum Gasteiger partial charge on any atom is 0.266 e. The molecule has 2 aromatic heterocycles. The lowest BCUT2D eigenvalue weighted by atomic mass is 10.4. The summed E-state index contributed by atoms with van der Waals surface area (Å²) >= 11 is 4.67. The first-order chi connectivity index (χ1) is 9.53. The third-order valence-electron chi connectivity index (χ3n) is 2.34. The number of nitrogens with zero attached hydrogens (tertiary/aromatic N) is 2. The van der Waals surface area contributed by atoms with Gasteiger partial charge in [-0.1, -0.05) is 6.92 Å². The predicted octanol–water partition coefficient (Wildman–Crippen LogP) is 2.21. The van der Waals surface area contributed by atoms with Crippen molar-refractivity contribution in [3.05, 3.63) is 33.2 Å². The molecule has 20 heavy (non-hydrogen) atoms. The van der Waals surface area contributed by atoms with E-state index in [9.17, 15) is 8.42 Å². The number of nitrogens with one attached hydrogen (secondary N) is 2. The van der Waals surface area contributed by atoms with Crippen LogP contribution in [0.15, 0.2) is 33.2 Å². The van der Waals surface area contributed by atoms with E-state index in [0.717, 1.165) is 11.4 Å². The molecule has 0 saturated heterocycles. The minimum atomic E-state index is -3.69. The molecular weight excluding hydrogens is 364 g/mol. The molecule has 0 saturated carbocycles. The van der Waals surface area contributed by atoms with Crippen LogP contribution in [0, 0.1) is 0 Å². The summed E-state index contributed by atoms with van der Waals surface area (Å²) in [6, 6.07) is 3.26. The first-order valence-electron chi connectivity index (χ1n) is 5.81. The van der Waals surface area contributed by atoms with Gasteiger partial charge in [-0.15, -0.1) is 11.3 Å². The Morgan fingerprint density at radius 3 is 2.70 bits per heavy atom. The monoisotopic (exact) mass is 376 g/mol. The standard InChI is InChI=1S/C11H13BrN4O2S2/c1-2-13-7-8-6-9(10(12)19-8)20(17,18)16-11-14-4-3-5-15-11/h3-6,13H,2,7H2,1H3,(H,14,15,16). The lowest BCUT2D eigenvalue weighted by Crippen LogP contribution is -2.15. The van der Waals surface area contributed by atoms with E-state index in [1.807, 2.05) is 6.92 Å². The SMILES string of the molecule is CCNCc1cc(S(=O)(=O)Nc2ncccn2)c(Br)s1. The zero-order chi connectivity index (χ0) is 14.6. The van der Waals surface area contributed by atoms with E-state index in [0.29, 0.717) is 10.3 Å². The number of rotatable bonds is 6. The number of halogens is 1. The second-order valence-corrected chi connectivity index (χ2v) is 7.91. The van der Waals surface area contributed by atoms with E-state index in [-0.39, 0.29) is 10.8 Å². The normalized spacial score (nSPS) is 11.5. The Kier molecular flexibility index (Phi) is 5.08. The van der Waals surface area contributed by atoms with Crippen LogP contribution in [0.5, 0.6) is 0 Å².